The molecule has 2 rings (SSSR count). The Morgan fingerprint density at radius 1 is 1.26 bits per heavy atom. The van der Waals surface area contributed by atoms with Crippen LogP contribution >= 0.6 is 24.0 Å². The van der Waals surface area contributed by atoms with Crippen LogP contribution in [0.4, 0.5) is 0 Å². The summed E-state index contributed by atoms with van der Waals surface area (Å²) in [5, 5.41) is 17.7. The first-order chi connectivity index (χ1) is 12.7. The van der Waals surface area contributed by atoms with Gasteiger partial charge in [-0.05, 0) is 19.8 Å². The number of hydrogen-bond donors (Lipinski definition) is 3. The molecular weight excluding hydrogens is 457 g/mol. The van der Waals surface area contributed by atoms with Crippen molar-refractivity contribution < 1.29 is 4.79 Å². The van der Waals surface area contributed by atoms with E-state index in [4.69, 9.17) is 0 Å². The van der Waals surface area contributed by atoms with Crippen molar-refractivity contribution in [3.05, 3.63) is 12.2 Å². The summed E-state index contributed by atoms with van der Waals surface area (Å²) in [6, 6.07) is 0.364. The van der Waals surface area contributed by atoms with E-state index in [9.17, 15) is 4.79 Å². The zero-order chi connectivity index (χ0) is 18.6. The summed E-state index contributed by atoms with van der Waals surface area (Å²) in [5.41, 5.74) is 0. The SMILES string of the molecule is CCNC(=NCCC(=O)NC1CCCCC1)NCCn1cnnc1CC.I. The third-order valence-electron chi connectivity index (χ3n) is 4.58. The van der Waals surface area contributed by atoms with Crippen LogP contribution in [0.5, 0.6) is 0 Å². The minimum absolute atomic E-state index is 0. The van der Waals surface area contributed by atoms with Crippen LogP contribution in [0.3, 0.4) is 0 Å². The Balaban J connectivity index is 0.00000364. The van der Waals surface area contributed by atoms with Gasteiger partial charge < -0.3 is 20.5 Å². The third kappa shape index (κ3) is 8.89. The zero-order valence-corrected chi connectivity index (χ0v) is 18.9. The van der Waals surface area contributed by atoms with Crippen LogP contribution in [0.25, 0.3) is 0 Å². The van der Waals surface area contributed by atoms with Gasteiger partial charge >= 0.3 is 0 Å². The van der Waals surface area contributed by atoms with E-state index in [1.165, 1.54) is 19.3 Å². The number of aromatic nitrogens is 3. The second-order valence-corrected chi connectivity index (χ2v) is 6.63. The van der Waals surface area contributed by atoms with Gasteiger partial charge in [0.15, 0.2) is 5.96 Å². The molecule has 9 heteroatoms. The van der Waals surface area contributed by atoms with Gasteiger partial charge in [-0.2, -0.15) is 0 Å². The number of guanidine groups is 1. The summed E-state index contributed by atoms with van der Waals surface area (Å²) in [5.74, 6) is 1.82. The molecule has 1 fully saturated rings. The van der Waals surface area contributed by atoms with E-state index in [0.29, 0.717) is 19.0 Å². The van der Waals surface area contributed by atoms with Crippen LogP contribution in [-0.4, -0.2) is 52.3 Å². The number of aliphatic imine (C=N–C) groups is 1. The summed E-state index contributed by atoms with van der Waals surface area (Å²) in [6.45, 7) is 6.88. The number of carbonyl (C=O) groups excluding carboxylic acids is 1. The number of nitrogens with one attached hydrogen (secondary N) is 3. The zero-order valence-electron chi connectivity index (χ0n) is 16.5. The normalized spacial score (nSPS) is 15.1. The molecule has 8 nitrogen and oxygen atoms in total. The Morgan fingerprint density at radius 3 is 2.74 bits per heavy atom. The van der Waals surface area contributed by atoms with E-state index in [1.54, 1.807) is 6.33 Å². The van der Waals surface area contributed by atoms with Gasteiger partial charge in [-0.15, -0.1) is 34.2 Å². The molecule has 1 aromatic rings. The molecule has 1 aliphatic rings. The molecular formula is C18H34IN7O. The second-order valence-electron chi connectivity index (χ2n) is 6.63. The summed E-state index contributed by atoms with van der Waals surface area (Å²) in [6.07, 6.45) is 9.02. The van der Waals surface area contributed by atoms with Gasteiger partial charge in [0.1, 0.15) is 12.2 Å². The standard InChI is InChI=1S/C18H33N7O.HI/c1-3-16-24-22-14-25(16)13-12-21-18(19-4-2)20-11-10-17(26)23-15-8-6-5-7-9-15;/h14-15H,3-13H2,1-2H3,(H,23,26)(H2,19,20,21);1H. The molecule has 1 heterocycles. The number of rotatable bonds is 9. The van der Waals surface area contributed by atoms with E-state index < -0.39 is 0 Å². The topological polar surface area (TPSA) is 96.2 Å². The summed E-state index contributed by atoms with van der Waals surface area (Å²) in [7, 11) is 0. The Kier molecular flexibility index (Phi) is 12.0. The molecule has 27 heavy (non-hydrogen) atoms. The van der Waals surface area contributed by atoms with Crippen molar-refractivity contribution in [1.29, 1.82) is 0 Å². The maximum Gasteiger partial charge on any atom is 0.222 e. The van der Waals surface area contributed by atoms with E-state index in [2.05, 4.69) is 38.1 Å². The Bertz CT molecular complexity index is 570. The fourth-order valence-electron chi connectivity index (χ4n) is 3.19. The van der Waals surface area contributed by atoms with Crippen LogP contribution in [0, 0.1) is 0 Å². The average Bonchev–Trinajstić information content (AvgIpc) is 3.10. The highest BCUT2D eigenvalue weighted by molar-refractivity contribution is 14.0. The Labute approximate surface area is 179 Å². The smallest absolute Gasteiger partial charge is 0.222 e. The lowest BCUT2D eigenvalue weighted by molar-refractivity contribution is -0.121. The minimum Gasteiger partial charge on any atom is -0.357 e. The van der Waals surface area contributed by atoms with Crippen molar-refractivity contribution in [2.75, 3.05) is 19.6 Å². The van der Waals surface area contributed by atoms with Crippen LogP contribution in [0.15, 0.2) is 11.3 Å². The maximum absolute atomic E-state index is 12.1. The highest BCUT2D eigenvalue weighted by Gasteiger charge is 2.15. The molecule has 0 atom stereocenters. The number of hydrogen-bond acceptors (Lipinski definition) is 4. The first-order valence-corrected chi connectivity index (χ1v) is 9.91. The van der Waals surface area contributed by atoms with Gasteiger partial charge in [0.05, 0.1) is 6.54 Å². The van der Waals surface area contributed by atoms with Crippen LogP contribution in [0.2, 0.25) is 0 Å². The van der Waals surface area contributed by atoms with Crippen LogP contribution < -0.4 is 16.0 Å². The lowest BCUT2D eigenvalue weighted by atomic mass is 9.95. The maximum atomic E-state index is 12.1. The summed E-state index contributed by atoms with van der Waals surface area (Å²) >= 11 is 0. The molecule has 1 saturated carbocycles. The fourth-order valence-corrected chi connectivity index (χ4v) is 3.19. The first kappa shape index (κ1) is 23.6. The van der Waals surface area contributed by atoms with Crippen molar-refractivity contribution in [3.63, 3.8) is 0 Å². The van der Waals surface area contributed by atoms with Crippen LogP contribution in [0.1, 0.15) is 58.2 Å². The lowest BCUT2D eigenvalue weighted by Crippen LogP contribution is -2.39. The molecule has 154 valence electrons. The largest absolute Gasteiger partial charge is 0.357 e. The second kappa shape index (κ2) is 13.7. The summed E-state index contributed by atoms with van der Waals surface area (Å²) in [4.78, 5) is 16.6. The van der Waals surface area contributed by atoms with Crippen molar-refractivity contribution >= 4 is 35.8 Å². The predicted molar refractivity (Wildman–Crippen MR) is 118 cm³/mol. The van der Waals surface area contributed by atoms with Crippen molar-refractivity contribution in [2.45, 2.75) is 71.4 Å². The van der Waals surface area contributed by atoms with E-state index in [1.807, 2.05) is 11.5 Å². The third-order valence-corrected chi connectivity index (χ3v) is 4.58. The average molecular weight is 491 g/mol. The molecule has 0 radical (unpaired) electrons. The molecule has 1 aromatic heterocycles. The molecule has 0 aliphatic heterocycles. The molecule has 0 unspecified atom stereocenters. The molecule has 0 aromatic carbocycles. The van der Waals surface area contributed by atoms with Crippen molar-refractivity contribution in [1.82, 2.24) is 30.7 Å². The van der Waals surface area contributed by atoms with Gasteiger partial charge in [-0.3, -0.25) is 9.79 Å². The molecule has 3 N–H and O–H groups in total. The monoisotopic (exact) mass is 491 g/mol. The van der Waals surface area contributed by atoms with E-state index in [0.717, 1.165) is 50.7 Å². The lowest BCUT2D eigenvalue weighted by Gasteiger charge is -2.22. The van der Waals surface area contributed by atoms with Crippen LogP contribution in [-0.2, 0) is 17.8 Å². The van der Waals surface area contributed by atoms with Gasteiger partial charge in [0.25, 0.3) is 0 Å². The highest BCUT2D eigenvalue weighted by Crippen LogP contribution is 2.17. The molecule has 0 spiro atoms. The Morgan fingerprint density at radius 2 is 2.04 bits per heavy atom. The fraction of sp³-hybridized carbons (Fsp3) is 0.778. The number of amides is 1. The molecule has 0 saturated heterocycles. The Hall–Kier alpha value is -1.39. The quantitative estimate of drug-likeness (QED) is 0.279. The molecule has 1 aliphatic carbocycles. The minimum atomic E-state index is 0. The molecule has 0 bridgehead atoms. The number of aryl methyl sites for hydroxylation is 1. The van der Waals surface area contributed by atoms with Crippen molar-refractivity contribution in [2.24, 2.45) is 4.99 Å². The number of nitrogens with zero attached hydrogens (tertiary/aromatic N) is 4. The summed E-state index contributed by atoms with van der Waals surface area (Å²) < 4.78 is 2.04. The first-order valence-electron chi connectivity index (χ1n) is 9.91. The number of halogens is 1. The van der Waals surface area contributed by atoms with Gasteiger partial charge in [-0.1, -0.05) is 26.2 Å². The van der Waals surface area contributed by atoms with Gasteiger partial charge in [0.2, 0.25) is 5.91 Å². The van der Waals surface area contributed by atoms with Gasteiger partial charge in [-0.25, -0.2) is 0 Å². The number of carbonyl (C=O) groups is 1. The van der Waals surface area contributed by atoms with E-state index >= 15 is 0 Å². The molecule has 1 amide bonds. The highest BCUT2D eigenvalue weighted by atomic mass is 127. The van der Waals surface area contributed by atoms with Crippen molar-refractivity contribution in [3.8, 4) is 0 Å². The van der Waals surface area contributed by atoms with Gasteiger partial charge in [0, 0.05) is 38.5 Å². The predicted octanol–water partition coefficient (Wildman–Crippen LogP) is 1.85. The van der Waals surface area contributed by atoms with E-state index in [-0.39, 0.29) is 29.9 Å².